The minimum atomic E-state index is -1.19. The van der Waals surface area contributed by atoms with Crippen LogP contribution < -0.4 is 11.1 Å². The van der Waals surface area contributed by atoms with Crippen molar-refractivity contribution >= 4 is 46.2 Å². The standard InChI is InChI=1S/C13H9Cl2FN2O2/c14-9-5-7(1-2-11(9)16)18-12-8(13(19)20)3-6(17)4-10(12)15/h1-5,18H,17H2,(H,19,20). The number of nitrogens with two attached hydrogens (primary N) is 1. The topological polar surface area (TPSA) is 75.3 Å². The van der Waals surface area contributed by atoms with Gasteiger partial charge in [0.05, 0.1) is 21.3 Å². The third-order valence-corrected chi connectivity index (χ3v) is 3.12. The molecule has 20 heavy (non-hydrogen) atoms. The van der Waals surface area contributed by atoms with Gasteiger partial charge in [0.2, 0.25) is 0 Å². The molecule has 0 fully saturated rings. The molecule has 2 aromatic carbocycles. The molecule has 4 N–H and O–H groups in total. The Bertz CT molecular complexity index is 692. The predicted molar refractivity (Wildman–Crippen MR) is 77.5 cm³/mol. The van der Waals surface area contributed by atoms with Crippen molar-refractivity contribution in [2.24, 2.45) is 0 Å². The number of hydrogen-bond acceptors (Lipinski definition) is 3. The van der Waals surface area contributed by atoms with Crippen LogP contribution in [0.3, 0.4) is 0 Å². The molecule has 0 heterocycles. The van der Waals surface area contributed by atoms with Crippen LogP contribution in [-0.4, -0.2) is 11.1 Å². The molecule has 0 aromatic heterocycles. The number of hydrogen-bond donors (Lipinski definition) is 3. The van der Waals surface area contributed by atoms with Crippen LogP contribution in [0.15, 0.2) is 30.3 Å². The van der Waals surface area contributed by atoms with Gasteiger partial charge in [0.15, 0.2) is 0 Å². The summed E-state index contributed by atoms with van der Waals surface area (Å²) < 4.78 is 13.1. The van der Waals surface area contributed by atoms with Gasteiger partial charge in [-0.3, -0.25) is 0 Å². The first kappa shape index (κ1) is 14.4. The summed E-state index contributed by atoms with van der Waals surface area (Å²) in [6.07, 6.45) is 0. The van der Waals surface area contributed by atoms with Gasteiger partial charge in [0.1, 0.15) is 5.82 Å². The molecule has 0 amide bonds. The van der Waals surface area contributed by atoms with Crippen molar-refractivity contribution in [1.29, 1.82) is 0 Å². The van der Waals surface area contributed by atoms with Gasteiger partial charge in [-0.05, 0) is 30.3 Å². The third kappa shape index (κ3) is 2.95. The molecule has 0 aliphatic heterocycles. The first-order valence-corrected chi connectivity index (χ1v) is 6.18. The fourth-order valence-electron chi connectivity index (χ4n) is 1.64. The normalized spacial score (nSPS) is 10.3. The largest absolute Gasteiger partial charge is 0.478 e. The zero-order valence-corrected chi connectivity index (χ0v) is 11.5. The monoisotopic (exact) mass is 314 g/mol. The van der Waals surface area contributed by atoms with Crippen LogP contribution >= 0.6 is 23.2 Å². The van der Waals surface area contributed by atoms with E-state index >= 15 is 0 Å². The second kappa shape index (κ2) is 5.56. The second-order valence-corrected chi connectivity index (χ2v) is 4.80. The van der Waals surface area contributed by atoms with E-state index in [0.717, 1.165) is 6.07 Å². The van der Waals surface area contributed by atoms with Crippen LogP contribution in [0.2, 0.25) is 10.0 Å². The van der Waals surface area contributed by atoms with Gasteiger partial charge in [-0.1, -0.05) is 23.2 Å². The van der Waals surface area contributed by atoms with Gasteiger partial charge >= 0.3 is 5.97 Å². The van der Waals surface area contributed by atoms with Gasteiger partial charge in [0.25, 0.3) is 0 Å². The van der Waals surface area contributed by atoms with Gasteiger partial charge < -0.3 is 16.2 Å². The molecule has 0 aliphatic carbocycles. The Kier molecular flexibility index (Phi) is 4.01. The Morgan fingerprint density at radius 3 is 2.50 bits per heavy atom. The lowest BCUT2D eigenvalue weighted by Gasteiger charge is -2.13. The Morgan fingerprint density at radius 2 is 1.90 bits per heavy atom. The van der Waals surface area contributed by atoms with Crippen LogP contribution in [0, 0.1) is 5.82 Å². The molecule has 2 rings (SSSR count). The summed E-state index contributed by atoms with van der Waals surface area (Å²) in [5.74, 6) is -1.76. The molecule has 0 unspecified atom stereocenters. The minimum absolute atomic E-state index is 0.0848. The van der Waals surface area contributed by atoms with Crippen molar-refractivity contribution in [2.75, 3.05) is 11.1 Å². The summed E-state index contributed by atoms with van der Waals surface area (Å²) in [6, 6.07) is 6.61. The molecule has 4 nitrogen and oxygen atoms in total. The SMILES string of the molecule is Nc1cc(Cl)c(Nc2ccc(F)c(Cl)c2)c(C(=O)O)c1. The maximum atomic E-state index is 13.1. The Hall–Kier alpha value is -1.98. The molecule has 7 heteroatoms. The summed E-state index contributed by atoms with van der Waals surface area (Å²) in [5.41, 5.74) is 6.27. The van der Waals surface area contributed by atoms with E-state index in [2.05, 4.69) is 5.32 Å². The lowest BCUT2D eigenvalue weighted by molar-refractivity contribution is 0.0698. The molecule has 104 valence electrons. The van der Waals surface area contributed by atoms with E-state index in [-0.39, 0.29) is 27.0 Å². The maximum absolute atomic E-state index is 13.1. The van der Waals surface area contributed by atoms with Crippen LogP contribution in [-0.2, 0) is 0 Å². The van der Waals surface area contributed by atoms with Crippen LogP contribution in [0.5, 0.6) is 0 Å². The molecule has 0 saturated heterocycles. The van der Waals surface area contributed by atoms with Crippen molar-refractivity contribution in [1.82, 2.24) is 0 Å². The lowest BCUT2D eigenvalue weighted by atomic mass is 10.1. The Labute approximate surface area is 123 Å². The van der Waals surface area contributed by atoms with Gasteiger partial charge in [-0.15, -0.1) is 0 Å². The molecule has 0 saturated carbocycles. The Morgan fingerprint density at radius 1 is 1.20 bits per heavy atom. The Balaban J connectivity index is 2.47. The van der Waals surface area contributed by atoms with E-state index in [0.29, 0.717) is 5.69 Å². The number of halogens is 3. The zero-order chi connectivity index (χ0) is 14.9. The molecule has 2 aromatic rings. The quantitative estimate of drug-likeness (QED) is 0.744. The molecule has 0 radical (unpaired) electrons. The summed E-state index contributed by atoms with van der Waals surface area (Å²) >= 11 is 11.6. The van der Waals surface area contributed by atoms with Gasteiger partial charge in [-0.25, -0.2) is 9.18 Å². The van der Waals surface area contributed by atoms with E-state index < -0.39 is 11.8 Å². The van der Waals surface area contributed by atoms with Crippen molar-refractivity contribution in [3.05, 3.63) is 51.8 Å². The van der Waals surface area contributed by atoms with Crippen molar-refractivity contribution in [2.45, 2.75) is 0 Å². The molecular weight excluding hydrogens is 306 g/mol. The number of anilines is 3. The van der Waals surface area contributed by atoms with Gasteiger partial charge in [-0.2, -0.15) is 0 Å². The first-order chi connectivity index (χ1) is 9.38. The highest BCUT2D eigenvalue weighted by atomic mass is 35.5. The van der Waals surface area contributed by atoms with E-state index in [4.69, 9.17) is 34.0 Å². The number of rotatable bonds is 3. The number of aromatic carboxylic acids is 1. The molecule has 0 aliphatic rings. The predicted octanol–water partition coefficient (Wildman–Crippen LogP) is 4.16. The summed E-state index contributed by atoms with van der Waals surface area (Å²) in [6.45, 7) is 0. The van der Waals surface area contributed by atoms with E-state index in [1.54, 1.807) is 0 Å². The summed E-state index contributed by atoms with van der Waals surface area (Å²) in [7, 11) is 0. The molecule has 0 atom stereocenters. The smallest absolute Gasteiger partial charge is 0.337 e. The van der Waals surface area contributed by atoms with Crippen molar-refractivity contribution in [3.8, 4) is 0 Å². The van der Waals surface area contributed by atoms with Crippen molar-refractivity contribution in [3.63, 3.8) is 0 Å². The average Bonchev–Trinajstić information content (AvgIpc) is 2.36. The number of benzene rings is 2. The maximum Gasteiger partial charge on any atom is 0.337 e. The molecule has 0 spiro atoms. The number of carboxylic acids is 1. The minimum Gasteiger partial charge on any atom is -0.478 e. The fourth-order valence-corrected chi connectivity index (χ4v) is 2.10. The summed E-state index contributed by atoms with van der Waals surface area (Å²) in [5, 5.41) is 12.0. The highest BCUT2D eigenvalue weighted by Crippen LogP contribution is 2.32. The number of carboxylic acid groups (broad SMARTS) is 1. The van der Waals surface area contributed by atoms with E-state index in [1.165, 1.54) is 24.3 Å². The first-order valence-electron chi connectivity index (χ1n) is 5.43. The number of nitrogens with one attached hydrogen (secondary N) is 1. The fraction of sp³-hybridized carbons (Fsp3) is 0. The highest BCUT2D eigenvalue weighted by Gasteiger charge is 2.15. The van der Waals surface area contributed by atoms with Crippen LogP contribution in [0.25, 0.3) is 0 Å². The zero-order valence-electron chi connectivity index (χ0n) is 9.95. The highest BCUT2D eigenvalue weighted by molar-refractivity contribution is 6.34. The second-order valence-electron chi connectivity index (χ2n) is 3.98. The molecular formula is C13H9Cl2FN2O2. The lowest BCUT2D eigenvalue weighted by Crippen LogP contribution is -2.05. The van der Waals surface area contributed by atoms with E-state index in [9.17, 15) is 9.18 Å². The van der Waals surface area contributed by atoms with Crippen LogP contribution in [0.4, 0.5) is 21.5 Å². The van der Waals surface area contributed by atoms with Crippen molar-refractivity contribution < 1.29 is 14.3 Å². The molecule has 0 bridgehead atoms. The van der Waals surface area contributed by atoms with Crippen LogP contribution in [0.1, 0.15) is 10.4 Å². The number of carbonyl (C=O) groups is 1. The summed E-state index contributed by atoms with van der Waals surface area (Å²) in [4.78, 5) is 11.2. The van der Waals surface area contributed by atoms with E-state index in [1.807, 2.05) is 0 Å². The third-order valence-electron chi connectivity index (χ3n) is 2.53. The number of nitrogen functional groups attached to an aromatic ring is 1. The van der Waals surface area contributed by atoms with Gasteiger partial charge in [0, 0.05) is 11.4 Å². The average molecular weight is 315 g/mol.